The Morgan fingerprint density at radius 1 is 1.10 bits per heavy atom. The van der Waals surface area contributed by atoms with E-state index >= 15 is 0 Å². The first kappa shape index (κ1) is 20.7. The van der Waals surface area contributed by atoms with E-state index in [-0.39, 0.29) is 16.8 Å². The molecule has 2 heterocycles. The minimum atomic E-state index is -3.72. The van der Waals surface area contributed by atoms with Crippen LogP contribution in [0.25, 0.3) is 0 Å². The molecule has 1 aliphatic rings. The number of hydrogen-bond acceptors (Lipinski definition) is 5. The number of fused-ring (bicyclic) bond motifs is 1. The van der Waals surface area contributed by atoms with Crippen LogP contribution in [0.4, 0.5) is 0 Å². The topological polar surface area (TPSA) is 92.5 Å². The van der Waals surface area contributed by atoms with Crippen LogP contribution in [0.3, 0.4) is 0 Å². The number of hydrogen-bond donors (Lipinski definition) is 2. The van der Waals surface area contributed by atoms with Gasteiger partial charge in [-0.05, 0) is 46.7 Å². The van der Waals surface area contributed by atoms with Gasteiger partial charge in [-0.15, -0.1) is 11.3 Å². The maximum absolute atomic E-state index is 12.7. The van der Waals surface area contributed by atoms with Gasteiger partial charge in [-0.3, -0.25) is 9.69 Å². The van der Waals surface area contributed by atoms with Crippen molar-refractivity contribution in [2.24, 2.45) is 5.14 Å². The van der Waals surface area contributed by atoms with E-state index in [0.29, 0.717) is 13.1 Å². The van der Waals surface area contributed by atoms with E-state index in [1.54, 1.807) is 23.5 Å². The van der Waals surface area contributed by atoms with Gasteiger partial charge in [0.15, 0.2) is 0 Å². The lowest BCUT2D eigenvalue weighted by Gasteiger charge is -2.35. The zero-order chi connectivity index (χ0) is 21.1. The first-order valence-electron chi connectivity index (χ1n) is 9.65. The highest BCUT2D eigenvalue weighted by atomic mass is 32.2. The lowest BCUT2D eigenvalue weighted by Crippen LogP contribution is -2.42. The first-order valence-corrected chi connectivity index (χ1v) is 12.1. The highest BCUT2D eigenvalue weighted by molar-refractivity contribution is 7.89. The Morgan fingerprint density at radius 2 is 1.83 bits per heavy atom. The van der Waals surface area contributed by atoms with Crippen LogP contribution >= 0.6 is 11.3 Å². The summed E-state index contributed by atoms with van der Waals surface area (Å²) in [6.45, 7) is 1.45. The van der Waals surface area contributed by atoms with Gasteiger partial charge in [0.2, 0.25) is 15.9 Å². The van der Waals surface area contributed by atoms with Crippen LogP contribution in [-0.4, -0.2) is 32.3 Å². The van der Waals surface area contributed by atoms with Gasteiger partial charge >= 0.3 is 0 Å². The summed E-state index contributed by atoms with van der Waals surface area (Å²) < 4.78 is 22.7. The van der Waals surface area contributed by atoms with Crippen LogP contribution in [-0.2, 0) is 27.8 Å². The Hall–Kier alpha value is -2.52. The molecule has 0 aliphatic carbocycles. The summed E-state index contributed by atoms with van der Waals surface area (Å²) in [5.74, 6) is -0.0647. The number of nitrogens with zero attached hydrogens (tertiary/aromatic N) is 1. The number of thiophene rings is 1. The van der Waals surface area contributed by atoms with Gasteiger partial charge in [-0.1, -0.05) is 42.5 Å². The zero-order valence-electron chi connectivity index (χ0n) is 16.3. The van der Waals surface area contributed by atoms with Crippen molar-refractivity contribution < 1.29 is 13.2 Å². The molecule has 8 heteroatoms. The van der Waals surface area contributed by atoms with Gasteiger partial charge in [-0.2, -0.15) is 0 Å². The minimum Gasteiger partial charge on any atom is -0.351 e. The third-order valence-electron chi connectivity index (χ3n) is 5.27. The molecule has 0 radical (unpaired) electrons. The largest absolute Gasteiger partial charge is 0.351 e. The van der Waals surface area contributed by atoms with Crippen molar-refractivity contribution in [3.05, 3.63) is 87.6 Å². The summed E-state index contributed by atoms with van der Waals surface area (Å²) in [5, 5.41) is 10.2. The number of rotatable bonds is 6. The highest BCUT2D eigenvalue weighted by Crippen LogP contribution is 2.37. The molecule has 2 aromatic carbocycles. The number of sulfonamides is 1. The summed E-state index contributed by atoms with van der Waals surface area (Å²) >= 11 is 1.78. The SMILES string of the molecule is NS(=O)(=O)c1ccc(CNC(=O)CN2CCc3sccc3C2c2ccccc2)cc1. The van der Waals surface area contributed by atoms with Crippen LogP contribution in [0.15, 0.2) is 70.9 Å². The van der Waals surface area contributed by atoms with E-state index in [9.17, 15) is 13.2 Å². The third kappa shape index (κ3) is 4.62. The summed E-state index contributed by atoms with van der Waals surface area (Å²) in [6.07, 6.45) is 0.943. The maximum atomic E-state index is 12.7. The zero-order valence-corrected chi connectivity index (χ0v) is 18.0. The fraction of sp³-hybridized carbons (Fsp3) is 0.227. The Bertz CT molecular complexity index is 1130. The fourth-order valence-electron chi connectivity index (χ4n) is 3.80. The van der Waals surface area contributed by atoms with Crippen molar-refractivity contribution in [2.45, 2.75) is 23.9 Å². The molecule has 3 aromatic rings. The van der Waals surface area contributed by atoms with Gasteiger partial charge in [0.25, 0.3) is 0 Å². The molecule has 156 valence electrons. The minimum absolute atomic E-state index is 0.0585. The molecule has 1 unspecified atom stereocenters. The molecule has 4 rings (SSSR count). The fourth-order valence-corrected chi connectivity index (χ4v) is 5.22. The molecule has 1 aliphatic heterocycles. The number of benzene rings is 2. The second-order valence-electron chi connectivity index (χ2n) is 7.30. The monoisotopic (exact) mass is 441 g/mol. The van der Waals surface area contributed by atoms with Crippen molar-refractivity contribution in [3.8, 4) is 0 Å². The van der Waals surface area contributed by atoms with Crippen molar-refractivity contribution in [2.75, 3.05) is 13.1 Å². The third-order valence-corrected chi connectivity index (χ3v) is 7.20. The summed E-state index contributed by atoms with van der Waals surface area (Å²) in [5.41, 5.74) is 3.28. The normalized spacial score (nSPS) is 16.8. The Kier molecular flexibility index (Phi) is 6.01. The number of nitrogens with two attached hydrogens (primary N) is 1. The molecule has 0 saturated heterocycles. The van der Waals surface area contributed by atoms with E-state index < -0.39 is 10.0 Å². The van der Waals surface area contributed by atoms with Gasteiger partial charge in [-0.25, -0.2) is 13.6 Å². The Balaban J connectivity index is 1.43. The predicted molar refractivity (Wildman–Crippen MR) is 118 cm³/mol. The molecule has 0 bridgehead atoms. The van der Waals surface area contributed by atoms with E-state index in [0.717, 1.165) is 18.5 Å². The average molecular weight is 442 g/mol. The van der Waals surface area contributed by atoms with Crippen LogP contribution in [0.1, 0.15) is 27.6 Å². The average Bonchev–Trinajstić information content (AvgIpc) is 3.21. The van der Waals surface area contributed by atoms with Crippen molar-refractivity contribution in [1.29, 1.82) is 0 Å². The molecule has 0 fully saturated rings. The molecular weight excluding hydrogens is 418 g/mol. The van der Waals surface area contributed by atoms with E-state index in [1.807, 2.05) is 18.2 Å². The van der Waals surface area contributed by atoms with Gasteiger partial charge in [0.1, 0.15) is 0 Å². The first-order chi connectivity index (χ1) is 14.4. The van der Waals surface area contributed by atoms with E-state index in [4.69, 9.17) is 5.14 Å². The molecule has 0 saturated carbocycles. The number of primary sulfonamides is 1. The van der Waals surface area contributed by atoms with E-state index in [1.165, 1.54) is 28.1 Å². The number of amides is 1. The van der Waals surface area contributed by atoms with Crippen LogP contribution in [0.2, 0.25) is 0 Å². The summed E-state index contributed by atoms with van der Waals surface area (Å²) in [4.78, 5) is 16.3. The molecule has 3 N–H and O–H groups in total. The Morgan fingerprint density at radius 3 is 2.53 bits per heavy atom. The maximum Gasteiger partial charge on any atom is 0.238 e. The Labute approximate surface area is 180 Å². The van der Waals surface area contributed by atoms with Crippen molar-refractivity contribution in [3.63, 3.8) is 0 Å². The van der Waals surface area contributed by atoms with Crippen LogP contribution in [0, 0.1) is 0 Å². The lowest BCUT2D eigenvalue weighted by molar-refractivity contribution is -0.122. The molecule has 30 heavy (non-hydrogen) atoms. The molecule has 1 aromatic heterocycles. The summed E-state index contributed by atoms with van der Waals surface area (Å²) in [7, 11) is -3.72. The van der Waals surface area contributed by atoms with E-state index in [2.05, 4.69) is 33.8 Å². The molecule has 1 atom stereocenters. The lowest BCUT2D eigenvalue weighted by atomic mass is 9.93. The number of carbonyl (C=O) groups excluding carboxylic acids is 1. The van der Waals surface area contributed by atoms with Gasteiger partial charge in [0.05, 0.1) is 17.5 Å². The summed E-state index contributed by atoms with van der Waals surface area (Å²) in [6, 6.07) is 18.7. The molecule has 0 spiro atoms. The van der Waals surface area contributed by atoms with Crippen molar-refractivity contribution in [1.82, 2.24) is 10.2 Å². The number of nitrogens with one attached hydrogen (secondary N) is 1. The van der Waals surface area contributed by atoms with Crippen molar-refractivity contribution >= 4 is 27.3 Å². The molecular formula is C22H23N3O3S2. The second-order valence-corrected chi connectivity index (χ2v) is 9.86. The smallest absolute Gasteiger partial charge is 0.238 e. The van der Waals surface area contributed by atoms with Gasteiger partial charge in [0, 0.05) is 18.0 Å². The molecule has 1 amide bonds. The predicted octanol–water partition coefficient (Wildman–Crippen LogP) is 2.66. The van der Waals surface area contributed by atoms with Crippen LogP contribution in [0.5, 0.6) is 0 Å². The quantitative estimate of drug-likeness (QED) is 0.615. The van der Waals surface area contributed by atoms with Gasteiger partial charge < -0.3 is 5.32 Å². The highest BCUT2D eigenvalue weighted by Gasteiger charge is 2.30. The van der Waals surface area contributed by atoms with Crippen LogP contribution < -0.4 is 10.5 Å². The standard InChI is InChI=1S/C22H23N3O3S2/c23-30(27,28)18-8-6-16(7-9-18)14-24-21(26)15-25-12-10-20-19(11-13-29-20)22(25)17-4-2-1-3-5-17/h1-9,11,13,22H,10,12,14-15H2,(H,24,26)(H2,23,27,28). The second kappa shape index (κ2) is 8.69. The number of carbonyl (C=O) groups is 1. The molecule has 6 nitrogen and oxygen atoms in total.